The minimum absolute atomic E-state index is 0.0695. The third-order valence-electron chi connectivity index (χ3n) is 4.18. The van der Waals surface area contributed by atoms with Crippen molar-refractivity contribution in [1.82, 2.24) is 4.90 Å². The summed E-state index contributed by atoms with van der Waals surface area (Å²) in [6.07, 6.45) is 2.76. The number of nitrogen functional groups attached to an aromatic ring is 1. The smallest absolute Gasteiger partial charge is 0.125 e. The Bertz CT molecular complexity index is 505. The monoisotopic (exact) mass is 276 g/mol. The highest BCUT2D eigenvalue weighted by atomic mass is 19.1. The van der Waals surface area contributed by atoms with Crippen LogP contribution in [0.4, 0.5) is 10.1 Å². The van der Waals surface area contributed by atoms with Crippen LogP contribution in [-0.2, 0) is 0 Å². The van der Waals surface area contributed by atoms with Crippen LogP contribution < -0.4 is 10.6 Å². The number of rotatable bonds is 4. The van der Waals surface area contributed by atoms with Gasteiger partial charge >= 0.3 is 0 Å². The van der Waals surface area contributed by atoms with Gasteiger partial charge in [0, 0.05) is 44.0 Å². The van der Waals surface area contributed by atoms with Crippen LogP contribution in [0.25, 0.3) is 0 Å². The second-order valence-electron chi connectivity index (χ2n) is 5.81. The Morgan fingerprint density at radius 2 is 1.95 bits per heavy atom. The van der Waals surface area contributed by atoms with Gasteiger partial charge in [0.2, 0.25) is 0 Å². The molecule has 1 aromatic carbocycles. The summed E-state index contributed by atoms with van der Waals surface area (Å²) in [7, 11) is 0. The lowest BCUT2D eigenvalue weighted by Gasteiger charge is -2.37. The second kappa shape index (κ2) is 5.40. The summed E-state index contributed by atoms with van der Waals surface area (Å²) in [5, 5.41) is 7.61. The molecule has 108 valence electrons. The molecule has 1 heterocycles. The first-order valence-electron chi connectivity index (χ1n) is 7.25. The van der Waals surface area contributed by atoms with Gasteiger partial charge in [-0.1, -0.05) is 0 Å². The molecule has 3 rings (SSSR count). The average molecular weight is 276 g/mol. The number of nitrogens with two attached hydrogens (primary N) is 1. The van der Waals surface area contributed by atoms with E-state index in [0.29, 0.717) is 5.56 Å². The van der Waals surface area contributed by atoms with Crippen molar-refractivity contribution >= 4 is 11.5 Å². The van der Waals surface area contributed by atoms with E-state index >= 15 is 0 Å². The average Bonchev–Trinajstić information content (AvgIpc) is 3.24. The lowest BCUT2D eigenvalue weighted by Crippen LogP contribution is -2.47. The Morgan fingerprint density at radius 1 is 1.25 bits per heavy atom. The molecule has 0 bridgehead atoms. The van der Waals surface area contributed by atoms with E-state index in [2.05, 4.69) is 9.80 Å². The van der Waals surface area contributed by atoms with Crippen LogP contribution in [0, 0.1) is 17.1 Å². The van der Waals surface area contributed by atoms with E-state index in [1.165, 1.54) is 31.5 Å². The predicted molar refractivity (Wildman–Crippen MR) is 78.8 cm³/mol. The first kappa shape index (κ1) is 13.4. The van der Waals surface area contributed by atoms with E-state index in [0.717, 1.165) is 37.8 Å². The van der Waals surface area contributed by atoms with Crippen LogP contribution in [0.1, 0.15) is 18.4 Å². The van der Waals surface area contributed by atoms with Crippen molar-refractivity contribution in [3.63, 3.8) is 0 Å². The topological polar surface area (TPSA) is 56.4 Å². The van der Waals surface area contributed by atoms with Gasteiger partial charge in [0.25, 0.3) is 0 Å². The number of nitrogens with one attached hydrogen (secondary N) is 1. The number of hydrogen-bond acceptors (Lipinski definition) is 3. The van der Waals surface area contributed by atoms with Crippen molar-refractivity contribution in [2.75, 3.05) is 37.6 Å². The molecule has 1 saturated heterocycles. The normalized spacial score (nSPS) is 20.1. The third-order valence-corrected chi connectivity index (χ3v) is 4.18. The van der Waals surface area contributed by atoms with E-state index in [4.69, 9.17) is 11.1 Å². The molecule has 1 aliphatic carbocycles. The minimum Gasteiger partial charge on any atom is -0.384 e. The predicted octanol–water partition coefficient (Wildman–Crippen LogP) is 1.64. The maximum Gasteiger partial charge on any atom is 0.125 e. The molecular formula is C15H21FN4. The zero-order valence-corrected chi connectivity index (χ0v) is 11.6. The summed E-state index contributed by atoms with van der Waals surface area (Å²) >= 11 is 0. The van der Waals surface area contributed by atoms with Gasteiger partial charge in [0.05, 0.1) is 0 Å². The molecule has 20 heavy (non-hydrogen) atoms. The molecule has 0 aromatic heterocycles. The Kier molecular flexibility index (Phi) is 3.61. The molecular weight excluding hydrogens is 255 g/mol. The van der Waals surface area contributed by atoms with E-state index in [1.807, 2.05) is 0 Å². The van der Waals surface area contributed by atoms with E-state index in [1.54, 1.807) is 6.07 Å². The SMILES string of the molecule is N=C(N)c1cc(F)ccc1N1CCN(CC2CC2)CC1. The number of anilines is 1. The van der Waals surface area contributed by atoms with Crippen molar-refractivity contribution in [2.24, 2.45) is 11.7 Å². The lowest BCUT2D eigenvalue weighted by atomic mass is 10.1. The van der Waals surface area contributed by atoms with Crippen LogP contribution in [0.3, 0.4) is 0 Å². The van der Waals surface area contributed by atoms with E-state index in [9.17, 15) is 4.39 Å². The molecule has 2 aliphatic rings. The van der Waals surface area contributed by atoms with Gasteiger partial charge in [-0.25, -0.2) is 4.39 Å². The molecule has 5 heteroatoms. The Labute approximate surface area is 118 Å². The number of hydrogen-bond donors (Lipinski definition) is 2. The van der Waals surface area contributed by atoms with Gasteiger partial charge in [-0.3, -0.25) is 10.3 Å². The zero-order valence-electron chi connectivity index (χ0n) is 11.6. The highest BCUT2D eigenvalue weighted by Gasteiger charge is 2.27. The number of piperazine rings is 1. The van der Waals surface area contributed by atoms with Crippen molar-refractivity contribution in [2.45, 2.75) is 12.8 Å². The highest BCUT2D eigenvalue weighted by molar-refractivity contribution is 6.00. The van der Waals surface area contributed by atoms with Crippen LogP contribution in [0.5, 0.6) is 0 Å². The molecule has 0 amide bonds. The van der Waals surface area contributed by atoms with Gasteiger partial charge < -0.3 is 10.6 Å². The van der Waals surface area contributed by atoms with Crippen molar-refractivity contribution in [3.8, 4) is 0 Å². The Balaban J connectivity index is 1.69. The van der Waals surface area contributed by atoms with Gasteiger partial charge in [-0.2, -0.15) is 0 Å². The fourth-order valence-electron chi connectivity index (χ4n) is 2.84. The molecule has 0 atom stereocenters. The largest absolute Gasteiger partial charge is 0.384 e. The fraction of sp³-hybridized carbons (Fsp3) is 0.533. The van der Waals surface area contributed by atoms with Crippen molar-refractivity contribution in [1.29, 1.82) is 5.41 Å². The molecule has 0 spiro atoms. The van der Waals surface area contributed by atoms with Crippen LogP contribution in [0.2, 0.25) is 0 Å². The molecule has 1 aliphatic heterocycles. The summed E-state index contributed by atoms with van der Waals surface area (Å²) < 4.78 is 13.3. The standard InChI is InChI=1S/C15H21FN4/c16-12-3-4-14(13(9-12)15(17)18)20-7-5-19(6-8-20)10-11-1-2-11/h3-4,9,11H,1-2,5-8,10H2,(H3,17,18). The fourth-order valence-corrected chi connectivity index (χ4v) is 2.84. The van der Waals surface area contributed by atoms with Gasteiger partial charge in [-0.05, 0) is 37.0 Å². The van der Waals surface area contributed by atoms with Gasteiger partial charge in [-0.15, -0.1) is 0 Å². The zero-order chi connectivity index (χ0) is 14.1. The van der Waals surface area contributed by atoms with Crippen LogP contribution in [-0.4, -0.2) is 43.5 Å². The highest BCUT2D eigenvalue weighted by Crippen LogP contribution is 2.30. The van der Waals surface area contributed by atoms with Crippen molar-refractivity contribution < 1.29 is 4.39 Å². The molecule has 0 radical (unpaired) electrons. The number of nitrogens with zero attached hydrogens (tertiary/aromatic N) is 2. The number of amidine groups is 1. The number of halogens is 1. The molecule has 2 fully saturated rings. The Morgan fingerprint density at radius 3 is 2.55 bits per heavy atom. The molecule has 0 unspecified atom stereocenters. The van der Waals surface area contributed by atoms with Crippen LogP contribution in [0.15, 0.2) is 18.2 Å². The van der Waals surface area contributed by atoms with Crippen molar-refractivity contribution in [3.05, 3.63) is 29.6 Å². The molecule has 1 saturated carbocycles. The first-order valence-corrected chi connectivity index (χ1v) is 7.25. The quantitative estimate of drug-likeness (QED) is 0.649. The van der Waals surface area contributed by atoms with Crippen LogP contribution >= 0.6 is 0 Å². The van der Waals surface area contributed by atoms with Gasteiger partial charge in [0.1, 0.15) is 11.7 Å². The summed E-state index contributed by atoms with van der Waals surface area (Å²) in [4.78, 5) is 4.71. The summed E-state index contributed by atoms with van der Waals surface area (Å²) in [6.45, 7) is 5.12. The minimum atomic E-state index is -0.341. The maximum atomic E-state index is 13.3. The second-order valence-corrected chi connectivity index (χ2v) is 5.81. The lowest BCUT2D eigenvalue weighted by molar-refractivity contribution is 0.248. The maximum absolute atomic E-state index is 13.3. The first-order chi connectivity index (χ1) is 9.63. The molecule has 1 aromatic rings. The van der Waals surface area contributed by atoms with Gasteiger partial charge in [0.15, 0.2) is 0 Å². The molecule has 3 N–H and O–H groups in total. The third kappa shape index (κ3) is 2.93. The Hall–Kier alpha value is -1.62. The summed E-state index contributed by atoms with van der Waals surface area (Å²) in [5.41, 5.74) is 6.95. The van der Waals surface area contributed by atoms with E-state index < -0.39 is 0 Å². The number of benzene rings is 1. The molecule has 4 nitrogen and oxygen atoms in total. The summed E-state index contributed by atoms with van der Waals surface area (Å²) in [5.74, 6) is 0.506. The summed E-state index contributed by atoms with van der Waals surface area (Å²) in [6, 6.07) is 4.54. The van der Waals surface area contributed by atoms with E-state index in [-0.39, 0.29) is 11.7 Å².